The zero-order valence-electron chi connectivity index (χ0n) is 24.2. The number of aromatic nitrogens is 3. The Kier molecular flexibility index (Phi) is 6.66. The lowest BCUT2D eigenvalue weighted by molar-refractivity contribution is 0.592. The van der Waals surface area contributed by atoms with Gasteiger partial charge in [-0.2, -0.15) is 0 Å². The van der Waals surface area contributed by atoms with Gasteiger partial charge in [0, 0.05) is 38.3 Å². The smallest absolute Gasteiger partial charge is 0.175 e. The van der Waals surface area contributed by atoms with Gasteiger partial charge in [-0.25, -0.2) is 15.0 Å². The van der Waals surface area contributed by atoms with Crippen molar-refractivity contribution in [3.05, 3.63) is 164 Å². The van der Waals surface area contributed by atoms with Crippen LogP contribution >= 0.6 is 7.14 Å². The fourth-order valence-corrected chi connectivity index (χ4v) is 9.01. The average Bonchev–Trinajstić information content (AvgIpc) is 3.13. The van der Waals surface area contributed by atoms with Crippen LogP contribution in [-0.2, 0) is 4.57 Å². The summed E-state index contributed by atoms with van der Waals surface area (Å²) in [6.45, 7) is 0. The molecule has 0 bridgehead atoms. The van der Waals surface area contributed by atoms with Crippen molar-refractivity contribution in [3.8, 4) is 34.2 Å². The molecule has 0 aliphatic carbocycles. The third-order valence-electron chi connectivity index (χ3n) is 8.11. The first-order valence-corrected chi connectivity index (χ1v) is 16.5. The van der Waals surface area contributed by atoms with Crippen molar-refractivity contribution < 1.29 is 4.57 Å². The Balaban J connectivity index is 1.39. The first-order chi connectivity index (χ1) is 22.2. The molecular formula is C39H27N4OP. The summed E-state index contributed by atoms with van der Waals surface area (Å²) >= 11 is 0. The van der Waals surface area contributed by atoms with Gasteiger partial charge in [0.25, 0.3) is 0 Å². The largest absolute Gasteiger partial charge is 0.309 e. The first kappa shape index (κ1) is 26.9. The summed E-state index contributed by atoms with van der Waals surface area (Å²) in [6, 6.07) is 54.0. The molecule has 0 saturated carbocycles. The van der Waals surface area contributed by atoms with Gasteiger partial charge in [-0.1, -0.05) is 121 Å². The number of hydrogen-bond donors (Lipinski definition) is 0. The lowest BCUT2D eigenvalue weighted by Crippen LogP contribution is -2.36. The molecule has 5 nitrogen and oxygen atoms in total. The minimum Gasteiger partial charge on any atom is -0.309 e. The molecular weight excluding hydrogens is 571 g/mol. The van der Waals surface area contributed by atoms with Gasteiger partial charge in [0.15, 0.2) is 24.6 Å². The molecule has 1 aliphatic heterocycles. The topological polar surface area (TPSA) is 59.0 Å². The molecule has 2 heterocycles. The second kappa shape index (κ2) is 11.1. The Morgan fingerprint density at radius 2 is 0.889 bits per heavy atom. The van der Waals surface area contributed by atoms with Crippen LogP contribution in [0.25, 0.3) is 34.2 Å². The molecule has 6 heteroatoms. The number of nitrogens with zero attached hydrogens (tertiary/aromatic N) is 4. The summed E-state index contributed by atoms with van der Waals surface area (Å²) < 4.78 is 15.7. The second-order valence-electron chi connectivity index (χ2n) is 10.8. The van der Waals surface area contributed by atoms with Gasteiger partial charge in [0.2, 0.25) is 0 Å². The molecule has 8 rings (SSSR count). The fourth-order valence-electron chi connectivity index (χ4n) is 5.99. The first-order valence-electron chi connectivity index (χ1n) is 14.8. The number of fused-ring (bicyclic) bond motifs is 2. The van der Waals surface area contributed by atoms with Crippen molar-refractivity contribution >= 4 is 40.1 Å². The van der Waals surface area contributed by atoms with E-state index in [1.54, 1.807) is 0 Å². The molecule has 0 N–H and O–H groups in total. The van der Waals surface area contributed by atoms with Crippen molar-refractivity contribution in [3.63, 3.8) is 0 Å². The van der Waals surface area contributed by atoms with Gasteiger partial charge >= 0.3 is 0 Å². The van der Waals surface area contributed by atoms with E-state index >= 15 is 4.57 Å². The molecule has 6 aromatic carbocycles. The van der Waals surface area contributed by atoms with Gasteiger partial charge < -0.3 is 9.46 Å². The molecule has 7 aromatic rings. The summed E-state index contributed by atoms with van der Waals surface area (Å²) in [4.78, 5) is 17.0. The van der Waals surface area contributed by atoms with Crippen molar-refractivity contribution in [1.82, 2.24) is 15.0 Å². The van der Waals surface area contributed by atoms with E-state index < -0.39 is 7.14 Å². The normalized spacial score (nSPS) is 15.2. The highest BCUT2D eigenvalue weighted by Crippen LogP contribution is 2.54. The zero-order chi connectivity index (χ0) is 30.2. The predicted molar refractivity (Wildman–Crippen MR) is 184 cm³/mol. The van der Waals surface area contributed by atoms with Crippen LogP contribution in [0.15, 0.2) is 164 Å². The highest BCUT2D eigenvalue weighted by atomic mass is 31.2. The van der Waals surface area contributed by atoms with Crippen molar-refractivity contribution in [2.24, 2.45) is 0 Å². The Morgan fingerprint density at radius 3 is 1.49 bits per heavy atom. The monoisotopic (exact) mass is 598 g/mol. The number of hydrogen-bond acceptors (Lipinski definition) is 5. The number of anilines is 3. The third-order valence-corrected chi connectivity index (χ3v) is 11.2. The third kappa shape index (κ3) is 4.66. The van der Waals surface area contributed by atoms with Crippen molar-refractivity contribution in [1.29, 1.82) is 0 Å². The minimum absolute atomic E-state index is 0.523. The van der Waals surface area contributed by atoms with Crippen LogP contribution in [0.1, 0.15) is 0 Å². The summed E-state index contributed by atoms with van der Waals surface area (Å²) in [5.41, 5.74) is 5.35. The van der Waals surface area contributed by atoms with E-state index in [0.717, 1.165) is 49.7 Å². The van der Waals surface area contributed by atoms with Gasteiger partial charge in [0.1, 0.15) is 0 Å². The highest BCUT2D eigenvalue weighted by molar-refractivity contribution is 7.86. The molecule has 0 amide bonds. The van der Waals surface area contributed by atoms with Gasteiger partial charge in [0.05, 0.1) is 11.4 Å². The van der Waals surface area contributed by atoms with Crippen LogP contribution in [-0.4, -0.2) is 15.0 Å². The molecule has 214 valence electrons. The second-order valence-corrected chi connectivity index (χ2v) is 13.5. The number of rotatable bonds is 5. The molecule has 1 aliphatic rings. The number of para-hydroxylation sites is 2. The summed E-state index contributed by atoms with van der Waals surface area (Å²) in [5.74, 6) is 1.69. The fraction of sp³-hybridized carbons (Fsp3) is 0. The molecule has 45 heavy (non-hydrogen) atoms. The van der Waals surface area contributed by atoms with E-state index in [0.29, 0.717) is 17.5 Å². The van der Waals surface area contributed by atoms with E-state index in [9.17, 15) is 0 Å². The van der Waals surface area contributed by atoms with E-state index in [2.05, 4.69) is 29.2 Å². The van der Waals surface area contributed by atoms with Gasteiger partial charge in [-0.3, -0.25) is 0 Å². The maximum absolute atomic E-state index is 15.7. The van der Waals surface area contributed by atoms with Crippen molar-refractivity contribution in [2.75, 3.05) is 4.90 Å². The Bertz CT molecular complexity index is 2130. The van der Waals surface area contributed by atoms with Crippen LogP contribution in [0.2, 0.25) is 0 Å². The van der Waals surface area contributed by atoms with E-state index in [-0.39, 0.29) is 0 Å². The van der Waals surface area contributed by atoms with Gasteiger partial charge in [-0.15, -0.1) is 0 Å². The lowest BCUT2D eigenvalue weighted by atomic mass is 10.1. The van der Waals surface area contributed by atoms with Crippen LogP contribution in [0.4, 0.5) is 17.1 Å². The Labute approximate surface area is 261 Å². The summed E-state index contributed by atoms with van der Waals surface area (Å²) in [5, 5.41) is 2.33. The van der Waals surface area contributed by atoms with Crippen LogP contribution < -0.4 is 20.8 Å². The minimum atomic E-state index is -3.30. The molecule has 0 saturated heterocycles. The van der Waals surface area contributed by atoms with Crippen LogP contribution in [0.5, 0.6) is 0 Å². The van der Waals surface area contributed by atoms with Crippen LogP contribution in [0, 0.1) is 0 Å². The zero-order valence-corrected chi connectivity index (χ0v) is 25.1. The molecule has 1 atom stereocenters. The Hall–Kier alpha value is -5.64. The lowest BCUT2D eigenvalue weighted by Gasteiger charge is -2.38. The molecule has 1 unspecified atom stereocenters. The van der Waals surface area contributed by atoms with E-state index in [4.69, 9.17) is 15.0 Å². The predicted octanol–water partition coefficient (Wildman–Crippen LogP) is 8.30. The maximum Gasteiger partial charge on any atom is 0.175 e. The highest BCUT2D eigenvalue weighted by Gasteiger charge is 2.41. The van der Waals surface area contributed by atoms with E-state index in [1.807, 2.05) is 140 Å². The molecule has 0 spiro atoms. The van der Waals surface area contributed by atoms with E-state index in [1.165, 1.54) is 0 Å². The summed E-state index contributed by atoms with van der Waals surface area (Å²) in [6.07, 6.45) is 0. The maximum atomic E-state index is 15.7. The van der Waals surface area contributed by atoms with Gasteiger partial charge in [-0.05, 0) is 42.5 Å². The molecule has 1 aromatic heterocycles. The standard InChI is InChI=1S/C39H27N4OP/c44-45(32-21-11-4-12-22-32)35-24-14-13-23-33(35)43(31-19-9-3-10-20-31)34-26-25-30(27-36(34)45)39-41-37(28-15-5-1-6-16-28)40-38(42-39)29-17-7-2-8-18-29/h1-27H. The average molecular weight is 599 g/mol. The van der Waals surface area contributed by atoms with Crippen molar-refractivity contribution in [2.45, 2.75) is 0 Å². The van der Waals surface area contributed by atoms with Crippen LogP contribution in [0.3, 0.4) is 0 Å². The molecule has 0 radical (unpaired) electrons. The molecule has 0 fully saturated rings. The number of benzene rings is 6. The quantitative estimate of drug-likeness (QED) is 0.187. The Morgan fingerprint density at radius 1 is 0.422 bits per heavy atom. The SMILES string of the molecule is O=P1(c2ccccc2)c2ccccc2N(c2ccccc2)c2ccc(-c3nc(-c4ccccc4)nc(-c4ccccc4)n3)cc21. The summed E-state index contributed by atoms with van der Waals surface area (Å²) in [7, 11) is -3.30.